The summed E-state index contributed by atoms with van der Waals surface area (Å²) in [5.41, 5.74) is 0.521. The van der Waals surface area contributed by atoms with Crippen LogP contribution in [-0.2, 0) is 0 Å². The molecule has 0 fully saturated rings. The summed E-state index contributed by atoms with van der Waals surface area (Å²) in [6, 6.07) is 3.51. The summed E-state index contributed by atoms with van der Waals surface area (Å²) in [6.45, 7) is 0. The minimum absolute atomic E-state index is 0.117. The first-order valence-corrected chi connectivity index (χ1v) is 7.17. The number of carboxylic acids is 1. The van der Waals surface area contributed by atoms with Crippen molar-refractivity contribution in [2.24, 2.45) is 0 Å². The third-order valence-electron chi connectivity index (χ3n) is 2.50. The molecule has 0 radical (unpaired) electrons. The van der Waals surface area contributed by atoms with Crippen LogP contribution in [0.2, 0.25) is 0 Å². The van der Waals surface area contributed by atoms with Crippen molar-refractivity contribution in [3.63, 3.8) is 0 Å². The van der Waals surface area contributed by atoms with Crippen molar-refractivity contribution < 1.29 is 9.90 Å². The van der Waals surface area contributed by atoms with Gasteiger partial charge in [0.05, 0.1) is 4.88 Å². The molecule has 0 saturated carbocycles. The molecule has 0 spiro atoms. The molecule has 0 aliphatic heterocycles. The zero-order valence-electron chi connectivity index (χ0n) is 9.89. The van der Waals surface area contributed by atoms with E-state index in [0.29, 0.717) is 11.6 Å². The van der Waals surface area contributed by atoms with Gasteiger partial charge in [0.15, 0.2) is 0 Å². The van der Waals surface area contributed by atoms with E-state index in [1.54, 1.807) is 18.5 Å². The molecule has 6 nitrogen and oxygen atoms in total. The van der Waals surface area contributed by atoms with Gasteiger partial charge in [-0.2, -0.15) is 5.10 Å². The van der Waals surface area contributed by atoms with E-state index in [-0.39, 0.29) is 5.56 Å². The lowest BCUT2D eigenvalue weighted by Crippen LogP contribution is -2.00. The van der Waals surface area contributed by atoms with Crippen LogP contribution in [0.25, 0.3) is 16.5 Å². The van der Waals surface area contributed by atoms with Gasteiger partial charge < -0.3 is 5.11 Å². The van der Waals surface area contributed by atoms with Gasteiger partial charge in [0, 0.05) is 28.4 Å². The maximum atomic E-state index is 11.3. The Morgan fingerprint density at radius 2 is 2.10 bits per heavy atom. The molecule has 0 saturated heterocycles. The molecule has 100 valence electrons. The molecule has 0 atom stereocenters. The van der Waals surface area contributed by atoms with Gasteiger partial charge >= 0.3 is 5.97 Å². The van der Waals surface area contributed by atoms with Crippen molar-refractivity contribution in [3.05, 3.63) is 46.1 Å². The van der Waals surface area contributed by atoms with Gasteiger partial charge in [0.2, 0.25) is 5.95 Å². The maximum absolute atomic E-state index is 11.3. The highest BCUT2D eigenvalue weighted by Gasteiger charge is 2.19. The van der Waals surface area contributed by atoms with E-state index >= 15 is 0 Å². The van der Waals surface area contributed by atoms with Crippen LogP contribution in [0.3, 0.4) is 0 Å². The fraction of sp³-hybridized carbons (Fsp3) is 0. The highest BCUT2D eigenvalue weighted by Crippen LogP contribution is 2.31. The van der Waals surface area contributed by atoms with Crippen LogP contribution in [0.15, 0.2) is 40.6 Å². The number of nitrogens with zero attached hydrogens (tertiary/aromatic N) is 4. The lowest BCUT2D eigenvalue weighted by molar-refractivity contribution is 0.0697. The molecule has 0 aliphatic rings. The van der Waals surface area contributed by atoms with Crippen molar-refractivity contribution in [2.75, 3.05) is 0 Å². The standard InChI is InChI=1S/C12H7BrN4O2S/c13-7-4-9(20-6-7)10-8(11(18)19)5-17(16-10)12-14-2-1-3-15-12/h1-6H,(H,18,19). The van der Waals surface area contributed by atoms with Crippen LogP contribution in [-0.4, -0.2) is 30.8 Å². The SMILES string of the molecule is O=C(O)c1cn(-c2ncccn2)nc1-c1cc(Br)cs1. The Bertz CT molecular complexity index is 769. The van der Waals surface area contributed by atoms with Crippen molar-refractivity contribution >= 4 is 33.2 Å². The van der Waals surface area contributed by atoms with Gasteiger partial charge in [-0.3, -0.25) is 0 Å². The predicted molar refractivity (Wildman–Crippen MR) is 77.1 cm³/mol. The zero-order valence-corrected chi connectivity index (χ0v) is 12.3. The maximum Gasteiger partial charge on any atom is 0.339 e. The van der Waals surface area contributed by atoms with Crippen LogP contribution in [0.4, 0.5) is 0 Å². The summed E-state index contributed by atoms with van der Waals surface area (Å²) in [7, 11) is 0. The number of aromatic carboxylic acids is 1. The Kier molecular flexibility index (Phi) is 3.33. The minimum Gasteiger partial charge on any atom is -0.478 e. The molecule has 1 N–H and O–H groups in total. The highest BCUT2D eigenvalue weighted by atomic mass is 79.9. The van der Waals surface area contributed by atoms with E-state index in [0.717, 1.165) is 9.35 Å². The first kappa shape index (κ1) is 12.9. The summed E-state index contributed by atoms with van der Waals surface area (Å²) in [5.74, 6) is -0.705. The molecule has 0 bridgehead atoms. The number of carboxylic acid groups (broad SMARTS) is 1. The van der Waals surface area contributed by atoms with Crippen molar-refractivity contribution in [1.82, 2.24) is 19.7 Å². The number of hydrogen-bond acceptors (Lipinski definition) is 5. The molecule has 8 heteroatoms. The molecule has 0 amide bonds. The third-order valence-corrected chi connectivity index (χ3v) is 4.20. The lowest BCUT2D eigenvalue weighted by atomic mass is 10.2. The van der Waals surface area contributed by atoms with E-state index in [1.807, 2.05) is 11.4 Å². The summed E-state index contributed by atoms with van der Waals surface area (Å²) in [6.07, 6.45) is 4.57. The average Bonchev–Trinajstić information content (AvgIpc) is 3.05. The molecular formula is C12H7BrN4O2S. The molecule has 3 aromatic rings. The van der Waals surface area contributed by atoms with Gasteiger partial charge in [-0.05, 0) is 28.1 Å². The first-order chi connectivity index (χ1) is 9.65. The highest BCUT2D eigenvalue weighted by molar-refractivity contribution is 9.10. The molecule has 3 rings (SSSR count). The number of aromatic nitrogens is 4. The first-order valence-electron chi connectivity index (χ1n) is 5.50. The molecule has 0 aliphatic carbocycles. The smallest absolute Gasteiger partial charge is 0.339 e. The van der Waals surface area contributed by atoms with Gasteiger partial charge in [-0.15, -0.1) is 11.3 Å². The van der Waals surface area contributed by atoms with E-state index in [4.69, 9.17) is 0 Å². The van der Waals surface area contributed by atoms with E-state index in [9.17, 15) is 9.90 Å². The van der Waals surface area contributed by atoms with Crippen LogP contribution in [0.5, 0.6) is 0 Å². The van der Waals surface area contributed by atoms with Gasteiger partial charge in [-0.25, -0.2) is 19.4 Å². The normalized spacial score (nSPS) is 10.7. The van der Waals surface area contributed by atoms with Crippen LogP contribution in [0.1, 0.15) is 10.4 Å². The summed E-state index contributed by atoms with van der Waals surface area (Å²) < 4.78 is 2.26. The van der Waals surface area contributed by atoms with Crippen molar-refractivity contribution in [1.29, 1.82) is 0 Å². The Morgan fingerprint density at radius 1 is 1.35 bits per heavy atom. The average molecular weight is 351 g/mol. The molecular weight excluding hydrogens is 344 g/mol. The second kappa shape index (κ2) is 5.14. The van der Waals surface area contributed by atoms with E-state index in [2.05, 4.69) is 31.0 Å². The predicted octanol–water partition coefficient (Wildman–Crippen LogP) is 2.85. The molecule has 3 heterocycles. The second-order valence-corrected chi connectivity index (χ2v) is 5.65. The van der Waals surface area contributed by atoms with Gasteiger partial charge in [0.25, 0.3) is 0 Å². The van der Waals surface area contributed by atoms with Crippen LogP contribution >= 0.6 is 27.3 Å². The van der Waals surface area contributed by atoms with Gasteiger partial charge in [-0.1, -0.05) is 0 Å². The summed E-state index contributed by atoms with van der Waals surface area (Å²) >= 11 is 4.76. The molecule has 3 aromatic heterocycles. The van der Waals surface area contributed by atoms with Crippen molar-refractivity contribution in [3.8, 4) is 16.5 Å². The number of hydrogen-bond donors (Lipinski definition) is 1. The largest absolute Gasteiger partial charge is 0.478 e. The Labute approximate surface area is 125 Å². The Balaban J connectivity index is 2.15. The van der Waals surface area contributed by atoms with E-state index in [1.165, 1.54) is 22.2 Å². The minimum atomic E-state index is -1.04. The topological polar surface area (TPSA) is 80.9 Å². The summed E-state index contributed by atoms with van der Waals surface area (Å²) in [4.78, 5) is 20.2. The third kappa shape index (κ3) is 2.35. The van der Waals surface area contributed by atoms with Crippen LogP contribution < -0.4 is 0 Å². The monoisotopic (exact) mass is 350 g/mol. The molecule has 0 unspecified atom stereocenters. The lowest BCUT2D eigenvalue weighted by Gasteiger charge is -1.96. The fourth-order valence-corrected chi connectivity index (χ4v) is 3.09. The number of carbonyl (C=O) groups is 1. The number of halogens is 1. The number of rotatable bonds is 3. The molecule has 20 heavy (non-hydrogen) atoms. The Hall–Kier alpha value is -2.06. The van der Waals surface area contributed by atoms with Crippen molar-refractivity contribution in [2.45, 2.75) is 0 Å². The molecule has 0 aromatic carbocycles. The Morgan fingerprint density at radius 3 is 2.70 bits per heavy atom. The zero-order chi connectivity index (χ0) is 14.1. The fourth-order valence-electron chi connectivity index (χ4n) is 1.66. The summed E-state index contributed by atoms with van der Waals surface area (Å²) in [5, 5.41) is 15.5. The van der Waals surface area contributed by atoms with E-state index < -0.39 is 5.97 Å². The second-order valence-electron chi connectivity index (χ2n) is 3.82. The number of thiophene rings is 1. The van der Waals surface area contributed by atoms with Gasteiger partial charge in [0.1, 0.15) is 11.3 Å². The van der Waals surface area contributed by atoms with Crippen LogP contribution in [0, 0.1) is 0 Å². The quantitative estimate of drug-likeness (QED) is 0.785.